The van der Waals surface area contributed by atoms with Crippen molar-refractivity contribution in [2.75, 3.05) is 0 Å². The molecule has 0 spiro atoms. The number of nitrogens with zero attached hydrogens (tertiary/aromatic N) is 1. The Balaban J connectivity index is 1.89. The highest BCUT2D eigenvalue weighted by Crippen LogP contribution is 2.19. The summed E-state index contributed by atoms with van der Waals surface area (Å²) < 4.78 is 0. The standard InChI is InChI=1S/C33H42N2O2/c1-24(2)29-19-16-26(17-20-29)18-21-31(36)35(23-28-14-12-25(3)13-15-28)30(32(37)34-33(4,5)6)22-27-10-8-7-9-11-27/h7-17,19-20,24,30H,18,21-23H2,1-6H3,(H,34,37)/t30-/m1/s1. The van der Waals surface area contributed by atoms with E-state index in [9.17, 15) is 9.59 Å². The maximum Gasteiger partial charge on any atom is 0.243 e. The molecule has 0 saturated heterocycles. The second-order valence-electron chi connectivity index (χ2n) is 11.3. The van der Waals surface area contributed by atoms with Crippen LogP contribution < -0.4 is 5.32 Å². The highest BCUT2D eigenvalue weighted by molar-refractivity contribution is 5.88. The van der Waals surface area contributed by atoms with Crippen molar-refractivity contribution in [2.24, 2.45) is 0 Å². The van der Waals surface area contributed by atoms with Crippen LogP contribution in [-0.4, -0.2) is 28.3 Å². The predicted molar refractivity (Wildman–Crippen MR) is 152 cm³/mol. The van der Waals surface area contributed by atoms with Gasteiger partial charge in [0, 0.05) is 24.9 Å². The Morgan fingerprint density at radius 2 is 1.41 bits per heavy atom. The van der Waals surface area contributed by atoms with Gasteiger partial charge in [-0.3, -0.25) is 9.59 Å². The first-order chi connectivity index (χ1) is 17.5. The molecule has 1 N–H and O–H groups in total. The molecule has 2 amide bonds. The second kappa shape index (κ2) is 12.7. The van der Waals surface area contributed by atoms with E-state index in [2.05, 4.69) is 55.6 Å². The Labute approximate surface area is 223 Å². The summed E-state index contributed by atoms with van der Waals surface area (Å²) in [5.41, 5.74) is 5.23. The highest BCUT2D eigenvalue weighted by Gasteiger charge is 2.32. The smallest absolute Gasteiger partial charge is 0.243 e. The monoisotopic (exact) mass is 498 g/mol. The SMILES string of the molecule is Cc1ccc(CN(C(=O)CCc2ccc(C(C)C)cc2)[C@H](Cc2ccccc2)C(=O)NC(C)(C)C)cc1. The minimum absolute atomic E-state index is 0.0153. The van der Waals surface area contributed by atoms with Crippen LogP contribution in [0.15, 0.2) is 78.9 Å². The molecule has 0 aliphatic heterocycles. The molecule has 1 atom stereocenters. The normalized spacial score (nSPS) is 12.3. The summed E-state index contributed by atoms with van der Waals surface area (Å²) >= 11 is 0. The fourth-order valence-electron chi connectivity index (χ4n) is 4.36. The Hall–Kier alpha value is -3.40. The van der Waals surface area contributed by atoms with Crippen molar-refractivity contribution in [2.45, 2.75) is 84.8 Å². The molecule has 3 rings (SSSR count). The third-order valence-electron chi connectivity index (χ3n) is 6.52. The molecule has 0 heterocycles. The lowest BCUT2D eigenvalue weighted by molar-refractivity contribution is -0.141. The first kappa shape index (κ1) is 28.2. The van der Waals surface area contributed by atoms with Crippen LogP contribution in [0.25, 0.3) is 0 Å². The third kappa shape index (κ3) is 8.89. The van der Waals surface area contributed by atoms with Crippen molar-refractivity contribution in [3.63, 3.8) is 0 Å². The average Bonchev–Trinajstić information content (AvgIpc) is 2.85. The summed E-state index contributed by atoms with van der Waals surface area (Å²) in [5, 5.41) is 3.13. The fraction of sp³-hybridized carbons (Fsp3) is 0.394. The number of amides is 2. The summed E-state index contributed by atoms with van der Waals surface area (Å²) in [6, 6.07) is 26.0. The van der Waals surface area contributed by atoms with Gasteiger partial charge in [0.25, 0.3) is 0 Å². The van der Waals surface area contributed by atoms with Gasteiger partial charge in [0.2, 0.25) is 11.8 Å². The summed E-state index contributed by atoms with van der Waals surface area (Å²) in [6.07, 6.45) is 1.45. The molecule has 3 aromatic rings. The van der Waals surface area contributed by atoms with Gasteiger partial charge in [-0.1, -0.05) is 98.3 Å². The Bertz CT molecular complexity index is 1140. The van der Waals surface area contributed by atoms with Gasteiger partial charge in [0.05, 0.1) is 0 Å². The fourth-order valence-corrected chi connectivity index (χ4v) is 4.36. The maximum absolute atomic E-state index is 13.8. The first-order valence-electron chi connectivity index (χ1n) is 13.3. The van der Waals surface area contributed by atoms with Crippen molar-refractivity contribution in [1.82, 2.24) is 10.2 Å². The van der Waals surface area contributed by atoms with Crippen LogP contribution in [0.2, 0.25) is 0 Å². The molecular weight excluding hydrogens is 456 g/mol. The van der Waals surface area contributed by atoms with Gasteiger partial charge < -0.3 is 10.2 Å². The zero-order valence-corrected chi connectivity index (χ0v) is 23.3. The zero-order chi connectivity index (χ0) is 27.0. The minimum Gasteiger partial charge on any atom is -0.350 e. The molecule has 0 aromatic heterocycles. The van der Waals surface area contributed by atoms with E-state index in [1.165, 1.54) is 5.56 Å². The van der Waals surface area contributed by atoms with E-state index >= 15 is 0 Å². The third-order valence-corrected chi connectivity index (χ3v) is 6.52. The van der Waals surface area contributed by atoms with Gasteiger partial charge in [-0.05, 0) is 62.3 Å². The number of carbonyl (C=O) groups is 2. The Kier molecular flexibility index (Phi) is 9.68. The van der Waals surface area contributed by atoms with Gasteiger partial charge in [-0.2, -0.15) is 0 Å². The molecule has 0 radical (unpaired) electrons. The van der Waals surface area contributed by atoms with Crippen LogP contribution in [0.4, 0.5) is 0 Å². The van der Waals surface area contributed by atoms with Crippen LogP contribution in [-0.2, 0) is 29.0 Å². The van der Waals surface area contributed by atoms with Crippen LogP contribution in [0, 0.1) is 6.92 Å². The van der Waals surface area contributed by atoms with Crippen LogP contribution >= 0.6 is 0 Å². The van der Waals surface area contributed by atoms with Crippen molar-refractivity contribution < 1.29 is 9.59 Å². The topological polar surface area (TPSA) is 49.4 Å². The van der Waals surface area contributed by atoms with Crippen molar-refractivity contribution in [3.8, 4) is 0 Å². The number of rotatable bonds is 10. The minimum atomic E-state index is -0.612. The van der Waals surface area contributed by atoms with E-state index in [1.54, 1.807) is 4.90 Å². The van der Waals surface area contributed by atoms with Crippen LogP contribution in [0.5, 0.6) is 0 Å². The second-order valence-corrected chi connectivity index (χ2v) is 11.3. The first-order valence-corrected chi connectivity index (χ1v) is 13.3. The van der Waals surface area contributed by atoms with Crippen LogP contribution in [0.1, 0.15) is 74.8 Å². The molecule has 3 aromatic carbocycles. The molecule has 37 heavy (non-hydrogen) atoms. The molecule has 196 valence electrons. The Morgan fingerprint density at radius 1 is 0.811 bits per heavy atom. The molecule has 0 fully saturated rings. The molecule has 0 aliphatic rings. The van der Waals surface area contributed by atoms with E-state index in [4.69, 9.17) is 0 Å². The van der Waals surface area contributed by atoms with E-state index in [1.807, 2.05) is 70.2 Å². The number of aryl methyl sites for hydroxylation is 2. The van der Waals surface area contributed by atoms with E-state index < -0.39 is 11.6 Å². The summed E-state index contributed by atoms with van der Waals surface area (Å²) in [6.45, 7) is 12.7. The number of carbonyl (C=O) groups excluding carboxylic acids is 2. The number of benzene rings is 3. The van der Waals surface area contributed by atoms with Crippen molar-refractivity contribution in [3.05, 3.63) is 107 Å². The molecule has 0 aliphatic carbocycles. The van der Waals surface area contributed by atoms with Gasteiger partial charge >= 0.3 is 0 Å². The van der Waals surface area contributed by atoms with E-state index in [0.29, 0.717) is 31.7 Å². The highest BCUT2D eigenvalue weighted by atomic mass is 16.2. The molecule has 0 bridgehead atoms. The molecule has 4 nitrogen and oxygen atoms in total. The molecule has 0 unspecified atom stereocenters. The van der Waals surface area contributed by atoms with Crippen molar-refractivity contribution in [1.29, 1.82) is 0 Å². The van der Waals surface area contributed by atoms with Crippen LogP contribution in [0.3, 0.4) is 0 Å². The zero-order valence-electron chi connectivity index (χ0n) is 23.3. The number of nitrogens with one attached hydrogen (secondary N) is 1. The van der Waals surface area contributed by atoms with Crippen molar-refractivity contribution >= 4 is 11.8 Å². The van der Waals surface area contributed by atoms with E-state index in [-0.39, 0.29) is 11.8 Å². The number of hydrogen-bond acceptors (Lipinski definition) is 2. The lowest BCUT2D eigenvalue weighted by Crippen LogP contribution is -2.54. The van der Waals surface area contributed by atoms with Gasteiger partial charge in [0.1, 0.15) is 6.04 Å². The molecular formula is C33H42N2O2. The molecule has 0 saturated carbocycles. The van der Waals surface area contributed by atoms with E-state index in [0.717, 1.165) is 22.3 Å². The summed E-state index contributed by atoms with van der Waals surface area (Å²) in [5.74, 6) is 0.331. The Morgan fingerprint density at radius 3 is 1.97 bits per heavy atom. The predicted octanol–water partition coefficient (Wildman–Crippen LogP) is 6.61. The largest absolute Gasteiger partial charge is 0.350 e. The lowest BCUT2D eigenvalue weighted by Gasteiger charge is -2.34. The average molecular weight is 499 g/mol. The lowest BCUT2D eigenvalue weighted by atomic mass is 9.98. The molecule has 4 heteroatoms. The summed E-state index contributed by atoms with van der Waals surface area (Å²) in [7, 11) is 0. The summed E-state index contributed by atoms with van der Waals surface area (Å²) in [4.78, 5) is 29.2. The van der Waals surface area contributed by atoms with Gasteiger partial charge in [0.15, 0.2) is 0 Å². The van der Waals surface area contributed by atoms with Gasteiger partial charge in [-0.25, -0.2) is 0 Å². The van der Waals surface area contributed by atoms with Gasteiger partial charge in [-0.15, -0.1) is 0 Å². The number of hydrogen-bond donors (Lipinski definition) is 1. The maximum atomic E-state index is 13.8. The quantitative estimate of drug-likeness (QED) is 0.342.